The van der Waals surface area contributed by atoms with Crippen molar-refractivity contribution in [2.45, 2.75) is 0 Å². The molecule has 1 aliphatic heterocycles. The van der Waals surface area contributed by atoms with E-state index in [9.17, 15) is 14.4 Å². The van der Waals surface area contributed by atoms with Crippen LogP contribution in [0, 0.1) is 0 Å². The highest BCUT2D eigenvalue weighted by atomic mass is 16.5. The second-order valence-electron chi connectivity index (χ2n) is 8.92. The van der Waals surface area contributed by atoms with Gasteiger partial charge >= 0.3 is 5.69 Å². The maximum atomic E-state index is 12.6. The molecule has 5 rings (SSSR count). The molecular formula is C27H28N4O5. The second kappa shape index (κ2) is 9.87. The highest BCUT2D eigenvalue weighted by molar-refractivity contribution is 5.80. The van der Waals surface area contributed by atoms with Gasteiger partial charge in [-0.15, -0.1) is 0 Å². The number of rotatable bonds is 6. The summed E-state index contributed by atoms with van der Waals surface area (Å²) in [6.45, 7) is 4.22. The summed E-state index contributed by atoms with van der Waals surface area (Å²) < 4.78 is 14.6. The molecular weight excluding hydrogens is 460 g/mol. The van der Waals surface area contributed by atoms with E-state index in [2.05, 4.69) is 9.80 Å². The van der Waals surface area contributed by atoms with E-state index in [1.165, 1.54) is 23.7 Å². The Labute approximate surface area is 207 Å². The first-order valence-corrected chi connectivity index (χ1v) is 11.9. The van der Waals surface area contributed by atoms with Gasteiger partial charge in [0.2, 0.25) is 0 Å². The van der Waals surface area contributed by atoms with Gasteiger partial charge in [0.05, 0.1) is 5.39 Å². The summed E-state index contributed by atoms with van der Waals surface area (Å²) in [5.74, 6) is 1.81. The molecule has 36 heavy (non-hydrogen) atoms. The number of aromatic nitrogens is 2. The summed E-state index contributed by atoms with van der Waals surface area (Å²) in [6, 6.07) is 17.8. The first-order valence-electron chi connectivity index (χ1n) is 11.9. The van der Waals surface area contributed by atoms with Crippen LogP contribution in [0.25, 0.3) is 22.3 Å². The normalized spacial score (nSPS) is 14.3. The maximum absolute atomic E-state index is 12.6. The van der Waals surface area contributed by atoms with Crippen LogP contribution in [0.2, 0.25) is 0 Å². The van der Waals surface area contributed by atoms with Crippen LogP contribution < -0.4 is 26.3 Å². The van der Waals surface area contributed by atoms with Crippen molar-refractivity contribution < 1.29 is 9.15 Å². The summed E-state index contributed by atoms with van der Waals surface area (Å²) in [6.07, 6.45) is 0. The third-order valence-corrected chi connectivity index (χ3v) is 6.63. The zero-order valence-corrected chi connectivity index (χ0v) is 20.3. The lowest BCUT2D eigenvalue weighted by Crippen LogP contribution is -2.50. The number of hydrogen-bond donors (Lipinski definition) is 0. The molecule has 0 unspecified atom stereocenters. The van der Waals surface area contributed by atoms with Crippen LogP contribution in [-0.2, 0) is 14.1 Å². The minimum absolute atomic E-state index is 0.0895. The van der Waals surface area contributed by atoms with Crippen molar-refractivity contribution in [3.05, 3.63) is 91.7 Å². The van der Waals surface area contributed by atoms with E-state index in [0.717, 1.165) is 29.8 Å². The fraction of sp³-hybridized carbons (Fsp3) is 0.296. The Morgan fingerprint density at radius 2 is 1.61 bits per heavy atom. The molecule has 0 amide bonds. The number of benzene rings is 2. The molecule has 2 aromatic heterocycles. The zero-order valence-electron chi connectivity index (χ0n) is 20.3. The quantitative estimate of drug-likeness (QED) is 0.410. The van der Waals surface area contributed by atoms with Crippen LogP contribution in [0.15, 0.2) is 79.5 Å². The van der Waals surface area contributed by atoms with Crippen LogP contribution in [0.3, 0.4) is 0 Å². The van der Waals surface area contributed by atoms with E-state index in [1.54, 1.807) is 25.2 Å². The van der Waals surface area contributed by atoms with E-state index >= 15 is 0 Å². The topological polar surface area (TPSA) is 89.9 Å². The Balaban J connectivity index is 1.20. The fourth-order valence-corrected chi connectivity index (χ4v) is 4.49. The third kappa shape index (κ3) is 4.70. The molecule has 1 saturated heterocycles. The van der Waals surface area contributed by atoms with E-state index in [4.69, 9.17) is 9.15 Å². The minimum Gasteiger partial charge on any atom is -0.492 e. The number of anilines is 1. The Bertz CT molecular complexity index is 1560. The van der Waals surface area contributed by atoms with E-state index in [-0.39, 0.29) is 16.7 Å². The second-order valence-corrected chi connectivity index (χ2v) is 8.92. The van der Waals surface area contributed by atoms with Crippen LogP contribution in [0.1, 0.15) is 0 Å². The van der Waals surface area contributed by atoms with Crippen molar-refractivity contribution in [3.63, 3.8) is 0 Å². The van der Waals surface area contributed by atoms with Crippen molar-refractivity contribution in [1.82, 2.24) is 14.0 Å². The molecule has 0 aliphatic carbocycles. The number of nitrogens with zero attached hydrogens (tertiary/aromatic N) is 4. The van der Waals surface area contributed by atoms with Gasteiger partial charge < -0.3 is 14.1 Å². The molecule has 2 aromatic carbocycles. The van der Waals surface area contributed by atoms with Crippen LogP contribution in [0.5, 0.6) is 5.75 Å². The third-order valence-electron chi connectivity index (χ3n) is 6.63. The van der Waals surface area contributed by atoms with Crippen molar-refractivity contribution >= 4 is 16.8 Å². The number of piperazine rings is 1. The Kier molecular flexibility index (Phi) is 6.47. The van der Waals surface area contributed by atoms with Crippen LogP contribution in [-0.4, -0.2) is 53.4 Å². The zero-order chi connectivity index (χ0) is 25.2. The lowest BCUT2D eigenvalue weighted by molar-refractivity contribution is 0.200. The van der Waals surface area contributed by atoms with Crippen molar-refractivity contribution in [3.8, 4) is 17.1 Å². The van der Waals surface area contributed by atoms with Gasteiger partial charge in [-0.05, 0) is 12.1 Å². The Morgan fingerprint density at radius 1 is 0.861 bits per heavy atom. The van der Waals surface area contributed by atoms with Crippen molar-refractivity contribution in [2.75, 3.05) is 44.2 Å². The summed E-state index contributed by atoms with van der Waals surface area (Å²) in [4.78, 5) is 41.2. The molecule has 1 fully saturated rings. The molecule has 0 saturated carbocycles. The van der Waals surface area contributed by atoms with Gasteiger partial charge in [-0.2, -0.15) is 0 Å². The summed E-state index contributed by atoms with van der Waals surface area (Å²) in [5, 5.41) is 0.517. The van der Waals surface area contributed by atoms with Crippen LogP contribution >= 0.6 is 0 Å². The molecule has 186 valence electrons. The average molecular weight is 489 g/mol. The molecule has 4 aromatic rings. The maximum Gasteiger partial charge on any atom is 0.332 e. The Hall–Kier alpha value is -4.11. The van der Waals surface area contributed by atoms with Gasteiger partial charge in [0.15, 0.2) is 5.43 Å². The molecule has 3 heterocycles. The number of fused-ring (bicyclic) bond motifs is 1. The van der Waals surface area contributed by atoms with Crippen molar-refractivity contribution in [2.24, 2.45) is 14.1 Å². The van der Waals surface area contributed by atoms with E-state index in [0.29, 0.717) is 48.0 Å². The fourth-order valence-electron chi connectivity index (χ4n) is 4.49. The molecule has 0 bridgehead atoms. The number of hydrogen-bond acceptors (Lipinski definition) is 7. The largest absolute Gasteiger partial charge is 0.492 e. The van der Waals surface area contributed by atoms with Gasteiger partial charge in [0.1, 0.15) is 29.5 Å². The summed E-state index contributed by atoms with van der Waals surface area (Å²) >= 11 is 0. The van der Waals surface area contributed by atoms with Gasteiger partial charge in [0.25, 0.3) is 5.56 Å². The summed E-state index contributed by atoms with van der Waals surface area (Å²) in [5.41, 5.74) is 0.625. The van der Waals surface area contributed by atoms with Crippen molar-refractivity contribution in [1.29, 1.82) is 0 Å². The highest BCUT2D eigenvalue weighted by Crippen LogP contribution is 2.25. The molecule has 9 heteroatoms. The predicted octanol–water partition coefficient (Wildman–Crippen LogP) is 2.06. The number of ether oxygens (including phenoxy) is 1. The lowest BCUT2D eigenvalue weighted by atomic mass is 10.1. The molecule has 9 nitrogen and oxygen atoms in total. The molecule has 1 aliphatic rings. The van der Waals surface area contributed by atoms with E-state index in [1.807, 2.05) is 30.3 Å². The average Bonchev–Trinajstić information content (AvgIpc) is 2.90. The molecule has 0 N–H and O–H groups in total. The van der Waals surface area contributed by atoms with Gasteiger partial charge in [0, 0.05) is 70.6 Å². The monoisotopic (exact) mass is 488 g/mol. The standard InChI is InChI=1S/C27H28N4O5/c1-28-25(18-26(33)29(2)27(28)34)31-12-10-30(11-13-31)14-15-35-20-8-9-21-22(32)17-23(36-24(21)16-20)19-6-4-3-5-7-19/h3-9,16-18H,10-15H2,1-2H3. The van der Waals surface area contributed by atoms with Gasteiger partial charge in [-0.3, -0.25) is 23.6 Å². The highest BCUT2D eigenvalue weighted by Gasteiger charge is 2.20. The van der Waals surface area contributed by atoms with Gasteiger partial charge in [-0.1, -0.05) is 30.3 Å². The van der Waals surface area contributed by atoms with Gasteiger partial charge in [-0.25, -0.2) is 4.79 Å². The molecule has 0 radical (unpaired) electrons. The first-order chi connectivity index (χ1) is 17.4. The summed E-state index contributed by atoms with van der Waals surface area (Å²) in [7, 11) is 3.17. The predicted molar refractivity (Wildman–Crippen MR) is 139 cm³/mol. The van der Waals surface area contributed by atoms with Crippen LogP contribution in [0.4, 0.5) is 5.82 Å². The molecule has 0 atom stereocenters. The Morgan fingerprint density at radius 3 is 2.36 bits per heavy atom. The first kappa shape index (κ1) is 23.6. The SMILES string of the molecule is Cn1c(N2CCN(CCOc3ccc4c(=O)cc(-c5ccccc5)oc4c3)CC2)cc(=O)n(C)c1=O. The minimum atomic E-state index is -0.324. The lowest BCUT2D eigenvalue weighted by Gasteiger charge is -2.36. The molecule has 0 spiro atoms. The van der Waals surface area contributed by atoms with E-state index < -0.39 is 0 Å². The smallest absolute Gasteiger partial charge is 0.332 e.